The van der Waals surface area contributed by atoms with Crippen LogP contribution in [0.4, 0.5) is 8.78 Å². The van der Waals surface area contributed by atoms with Crippen molar-refractivity contribution in [3.8, 4) is 5.82 Å². The van der Waals surface area contributed by atoms with Gasteiger partial charge < -0.3 is 5.73 Å². The molecule has 0 atom stereocenters. The third kappa shape index (κ3) is 3.09. The zero-order chi connectivity index (χ0) is 17.5. The number of fused-ring (bicyclic) bond motifs is 1. The molecule has 0 aliphatic heterocycles. The van der Waals surface area contributed by atoms with Crippen molar-refractivity contribution in [3.05, 3.63) is 40.6 Å². The second kappa shape index (κ2) is 5.86. The highest BCUT2D eigenvalue weighted by atomic mass is 79.9. The predicted molar refractivity (Wildman–Crippen MR) is 84.6 cm³/mol. The van der Waals surface area contributed by atoms with E-state index in [2.05, 4.69) is 36.0 Å². The number of alkyl halides is 2. The minimum atomic E-state index is -3.17. The number of hydrogen-bond donors (Lipinski definition) is 1. The number of halogens is 3. The van der Waals surface area contributed by atoms with Crippen LogP contribution < -0.4 is 5.73 Å². The summed E-state index contributed by atoms with van der Waals surface area (Å²) in [4.78, 5) is 22.7. The number of aromatic nitrogens is 5. The van der Waals surface area contributed by atoms with Crippen LogP contribution in [0.5, 0.6) is 0 Å². The number of rotatable bonds is 4. The fourth-order valence-corrected chi connectivity index (χ4v) is 2.61. The van der Waals surface area contributed by atoms with Gasteiger partial charge in [-0.1, -0.05) is 0 Å². The topological polar surface area (TPSA) is 99.6 Å². The normalized spacial score (nSPS) is 11.8. The molecule has 0 saturated carbocycles. The quantitative estimate of drug-likeness (QED) is 0.727. The van der Waals surface area contributed by atoms with Gasteiger partial charge in [0.15, 0.2) is 5.82 Å². The summed E-state index contributed by atoms with van der Waals surface area (Å²) in [7, 11) is 0. The van der Waals surface area contributed by atoms with Crippen molar-refractivity contribution in [3.63, 3.8) is 0 Å². The van der Waals surface area contributed by atoms with Crippen molar-refractivity contribution >= 4 is 32.7 Å². The number of carbonyl (C=O) groups excluding carboxylic acids is 1. The van der Waals surface area contributed by atoms with E-state index in [-0.39, 0.29) is 12.2 Å². The van der Waals surface area contributed by atoms with Crippen LogP contribution in [0.2, 0.25) is 0 Å². The van der Waals surface area contributed by atoms with Crippen LogP contribution in [-0.2, 0) is 17.1 Å². The summed E-state index contributed by atoms with van der Waals surface area (Å²) in [6.45, 7) is 0.720. The molecule has 2 N–H and O–H groups in total. The van der Waals surface area contributed by atoms with Crippen LogP contribution in [0.1, 0.15) is 18.4 Å². The van der Waals surface area contributed by atoms with Gasteiger partial charge in [0.1, 0.15) is 4.60 Å². The van der Waals surface area contributed by atoms with Crippen LogP contribution in [0.15, 0.2) is 29.1 Å². The molecular weight excluding hydrogens is 386 g/mol. The van der Waals surface area contributed by atoms with E-state index in [4.69, 9.17) is 5.73 Å². The molecule has 3 aromatic heterocycles. The van der Waals surface area contributed by atoms with Crippen LogP contribution in [0, 0.1) is 0 Å². The lowest BCUT2D eigenvalue weighted by atomic mass is 10.2. The second-order valence-corrected chi connectivity index (χ2v) is 5.92. The average Bonchev–Trinajstić information content (AvgIpc) is 2.83. The Morgan fingerprint density at radius 2 is 2.17 bits per heavy atom. The second-order valence-electron chi connectivity index (χ2n) is 5.17. The third-order valence-corrected chi connectivity index (χ3v) is 3.77. The first-order valence-electron chi connectivity index (χ1n) is 6.79. The Morgan fingerprint density at radius 1 is 1.42 bits per heavy atom. The lowest BCUT2D eigenvalue weighted by Gasteiger charge is -2.10. The average molecular weight is 397 g/mol. The fourth-order valence-electron chi connectivity index (χ4n) is 2.14. The van der Waals surface area contributed by atoms with Crippen LogP contribution in [0.25, 0.3) is 16.7 Å². The number of carbonyl (C=O) groups is 1. The van der Waals surface area contributed by atoms with E-state index in [0.717, 1.165) is 6.92 Å². The Kier molecular flexibility index (Phi) is 3.99. The highest BCUT2D eigenvalue weighted by molar-refractivity contribution is 9.10. The summed E-state index contributed by atoms with van der Waals surface area (Å²) >= 11 is 3.29. The molecule has 0 aliphatic carbocycles. The molecule has 0 aromatic carbocycles. The van der Waals surface area contributed by atoms with Gasteiger partial charge in [-0.3, -0.25) is 9.78 Å². The van der Waals surface area contributed by atoms with Crippen LogP contribution in [0.3, 0.4) is 0 Å². The van der Waals surface area contributed by atoms with E-state index in [1.165, 1.54) is 23.1 Å². The zero-order valence-corrected chi connectivity index (χ0v) is 14.0. The Hall–Kier alpha value is -2.49. The van der Waals surface area contributed by atoms with Crippen LogP contribution >= 0.6 is 15.9 Å². The highest BCUT2D eigenvalue weighted by Crippen LogP contribution is 2.27. The van der Waals surface area contributed by atoms with Gasteiger partial charge in [0.2, 0.25) is 11.7 Å². The molecule has 124 valence electrons. The molecule has 3 aromatic rings. The van der Waals surface area contributed by atoms with Gasteiger partial charge in [-0.2, -0.15) is 13.9 Å². The molecule has 7 nitrogen and oxygen atoms in total. The van der Waals surface area contributed by atoms with Crippen molar-refractivity contribution in [2.75, 3.05) is 0 Å². The maximum absolute atomic E-state index is 13.5. The van der Waals surface area contributed by atoms with Crippen molar-refractivity contribution in [1.29, 1.82) is 0 Å². The summed E-state index contributed by atoms with van der Waals surface area (Å²) in [5.41, 5.74) is 6.17. The molecule has 0 aliphatic rings. The van der Waals surface area contributed by atoms with Gasteiger partial charge >= 0.3 is 5.92 Å². The Labute approximate surface area is 143 Å². The maximum Gasteiger partial charge on any atom is 0.303 e. The first kappa shape index (κ1) is 16.4. The first-order chi connectivity index (χ1) is 11.3. The molecule has 0 saturated heterocycles. The van der Waals surface area contributed by atoms with Crippen molar-refractivity contribution in [1.82, 2.24) is 24.7 Å². The molecular formula is C14H11BrF2N6O. The number of nitrogens with zero attached hydrogens (tertiary/aromatic N) is 5. The molecule has 10 heteroatoms. The minimum Gasteiger partial charge on any atom is -0.369 e. The maximum atomic E-state index is 13.5. The van der Waals surface area contributed by atoms with Crippen molar-refractivity contribution in [2.45, 2.75) is 19.3 Å². The molecule has 0 fully saturated rings. The van der Waals surface area contributed by atoms with E-state index in [0.29, 0.717) is 21.2 Å². The number of amides is 1. The number of hydrogen-bond acceptors (Lipinski definition) is 5. The summed E-state index contributed by atoms with van der Waals surface area (Å²) < 4.78 is 28.8. The van der Waals surface area contributed by atoms with E-state index in [1.54, 1.807) is 6.07 Å². The summed E-state index contributed by atoms with van der Waals surface area (Å²) in [5.74, 6) is -4.13. The summed E-state index contributed by atoms with van der Waals surface area (Å²) in [6.07, 6.45) is 2.72. The van der Waals surface area contributed by atoms with Gasteiger partial charge in [-0.25, -0.2) is 14.6 Å². The largest absolute Gasteiger partial charge is 0.369 e. The Morgan fingerprint density at radius 3 is 2.83 bits per heavy atom. The number of pyridine rings is 1. The molecule has 3 rings (SSSR count). The van der Waals surface area contributed by atoms with Gasteiger partial charge in [-0.05, 0) is 22.0 Å². The SMILES string of the molecule is CC(F)(F)c1nccc(-n2nc(Br)c3cnc(CC(N)=O)cc32)n1. The highest BCUT2D eigenvalue weighted by Gasteiger charge is 2.28. The van der Waals surface area contributed by atoms with E-state index >= 15 is 0 Å². The van der Waals surface area contributed by atoms with E-state index in [1.807, 2.05) is 0 Å². The monoisotopic (exact) mass is 396 g/mol. The molecule has 24 heavy (non-hydrogen) atoms. The molecule has 0 spiro atoms. The van der Waals surface area contributed by atoms with Crippen molar-refractivity contribution < 1.29 is 13.6 Å². The predicted octanol–water partition coefficient (Wildman–Crippen LogP) is 2.11. The van der Waals surface area contributed by atoms with Gasteiger partial charge in [0.25, 0.3) is 0 Å². The first-order valence-corrected chi connectivity index (χ1v) is 7.58. The van der Waals surface area contributed by atoms with Gasteiger partial charge in [-0.15, -0.1) is 0 Å². The molecule has 0 bridgehead atoms. The van der Waals surface area contributed by atoms with E-state index in [9.17, 15) is 13.6 Å². The van der Waals surface area contributed by atoms with Gasteiger partial charge in [0.05, 0.1) is 23.0 Å². The molecule has 0 unspecified atom stereocenters. The number of primary amides is 1. The fraction of sp³-hybridized carbons (Fsp3) is 0.214. The van der Waals surface area contributed by atoms with E-state index < -0.39 is 17.7 Å². The molecule has 3 heterocycles. The van der Waals surface area contributed by atoms with Gasteiger partial charge in [0, 0.05) is 25.4 Å². The smallest absolute Gasteiger partial charge is 0.303 e. The number of nitrogens with two attached hydrogens (primary N) is 1. The third-order valence-electron chi connectivity index (χ3n) is 3.18. The van der Waals surface area contributed by atoms with Crippen molar-refractivity contribution in [2.24, 2.45) is 5.73 Å². The Balaban J connectivity index is 2.17. The lowest BCUT2D eigenvalue weighted by molar-refractivity contribution is -0.117. The molecule has 1 amide bonds. The minimum absolute atomic E-state index is 0.0409. The zero-order valence-electron chi connectivity index (χ0n) is 12.4. The lowest BCUT2D eigenvalue weighted by Crippen LogP contribution is -2.15. The standard InChI is InChI=1S/C14H11BrF2N6O/c1-14(16,17)13-19-3-2-11(21-13)23-9-4-7(5-10(18)24)20-6-8(9)12(15)22-23/h2-4,6H,5H2,1H3,(H2,18,24). The Bertz CT molecular complexity index is 937. The molecule has 0 radical (unpaired) electrons. The summed E-state index contributed by atoms with van der Waals surface area (Å²) in [5, 5.41) is 4.89. The summed E-state index contributed by atoms with van der Waals surface area (Å²) in [6, 6.07) is 3.08. The van der Waals surface area contributed by atoms with Crippen LogP contribution in [-0.4, -0.2) is 30.6 Å².